The molecule has 0 spiro atoms. The molecule has 0 radical (unpaired) electrons. The summed E-state index contributed by atoms with van der Waals surface area (Å²) < 4.78 is 0. The van der Waals surface area contributed by atoms with E-state index in [0.717, 1.165) is 41.9 Å². The summed E-state index contributed by atoms with van der Waals surface area (Å²) in [5.74, 6) is 0.846. The summed E-state index contributed by atoms with van der Waals surface area (Å²) in [4.78, 5) is 15.7. The lowest BCUT2D eigenvalue weighted by molar-refractivity contribution is 0.112. The zero-order valence-corrected chi connectivity index (χ0v) is 12.6. The van der Waals surface area contributed by atoms with E-state index in [2.05, 4.69) is 10.3 Å². The Morgan fingerprint density at radius 1 is 1.10 bits per heavy atom. The number of carbonyl (C=O) groups is 1. The van der Waals surface area contributed by atoms with Gasteiger partial charge < -0.3 is 5.32 Å². The third kappa shape index (κ3) is 2.80. The Morgan fingerprint density at radius 3 is 2.62 bits per heavy atom. The Hall–Kier alpha value is -1.84. The molecule has 0 aromatic heterocycles. The van der Waals surface area contributed by atoms with Gasteiger partial charge in [-0.05, 0) is 23.8 Å². The Kier molecular flexibility index (Phi) is 3.95. The minimum Gasteiger partial charge on any atom is -0.368 e. The Morgan fingerprint density at radius 2 is 1.95 bits per heavy atom. The first-order valence-corrected chi connectivity index (χ1v) is 7.28. The highest BCUT2D eigenvalue weighted by atomic mass is 35.5. The van der Waals surface area contributed by atoms with Crippen molar-refractivity contribution in [3.05, 3.63) is 57.6 Å². The van der Waals surface area contributed by atoms with E-state index in [-0.39, 0.29) is 0 Å². The molecular formula is C16H12Cl2N2O. The Balaban J connectivity index is 2.14. The maximum absolute atomic E-state index is 11.3. The van der Waals surface area contributed by atoms with Crippen molar-refractivity contribution < 1.29 is 4.79 Å². The van der Waals surface area contributed by atoms with Crippen LogP contribution in [0.5, 0.6) is 0 Å². The van der Waals surface area contributed by atoms with Gasteiger partial charge >= 0.3 is 0 Å². The molecule has 0 saturated carbocycles. The lowest BCUT2D eigenvalue weighted by Gasteiger charge is -2.11. The lowest BCUT2D eigenvalue weighted by Crippen LogP contribution is -2.19. The lowest BCUT2D eigenvalue weighted by atomic mass is 9.97. The number of carbonyl (C=O) groups excluding carboxylic acids is 1. The van der Waals surface area contributed by atoms with E-state index in [1.54, 1.807) is 18.2 Å². The number of hydrogen-bond acceptors (Lipinski definition) is 3. The maximum Gasteiger partial charge on any atom is 0.150 e. The van der Waals surface area contributed by atoms with E-state index in [1.807, 2.05) is 18.2 Å². The van der Waals surface area contributed by atoms with E-state index >= 15 is 0 Å². The van der Waals surface area contributed by atoms with Gasteiger partial charge in [0.25, 0.3) is 0 Å². The molecule has 0 fully saturated rings. The molecule has 3 rings (SSSR count). The molecular weight excluding hydrogens is 307 g/mol. The van der Waals surface area contributed by atoms with Crippen LogP contribution in [0.2, 0.25) is 10.0 Å². The molecule has 21 heavy (non-hydrogen) atoms. The summed E-state index contributed by atoms with van der Waals surface area (Å²) in [5.41, 5.74) is 3.09. The normalized spacial score (nSPS) is 13.7. The van der Waals surface area contributed by atoms with Gasteiger partial charge in [-0.3, -0.25) is 9.79 Å². The molecule has 0 aliphatic carbocycles. The highest BCUT2D eigenvalue weighted by Gasteiger charge is 2.14. The number of hydrogen-bond donors (Lipinski definition) is 1. The van der Waals surface area contributed by atoms with Crippen LogP contribution in [0, 0.1) is 0 Å². The molecule has 1 aliphatic heterocycles. The number of nitrogens with zero attached hydrogens (tertiary/aromatic N) is 1. The number of rotatable bonds is 3. The van der Waals surface area contributed by atoms with Gasteiger partial charge in [0.05, 0.1) is 6.54 Å². The minimum atomic E-state index is 0.518. The first kappa shape index (κ1) is 14.1. The first-order chi connectivity index (χ1) is 10.2. The molecule has 106 valence electrons. The van der Waals surface area contributed by atoms with Crippen molar-refractivity contribution in [3.63, 3.8) is 0 Å². The van der Waals surface area contributed by atoms with Gasteiger partial charge in [0.1, 0.15) is 5.84 Å². The van der Waals surface area contributed by atoms with Gasteiger partial charge in [-0.1, -0.05) is 41.4 Å². The molecule has 5 heteroatoms. The van der Waals surface area contributed by atoms with Gasteiger partial charge in [-0.2, -0.15) is 0 Å². The van der Waals surface area contributed by atoms with Gasteiger partial charge in [0.2, 0.25) is 0 Å². The fourth-order valence-corrected chi connectivity index (χ4v) is 2.85. The van der Waals surface area contributed by atoms with Gasteiger partial charge in [0.15, 0.2) is 6.29 Å². The van der Waals surface area contributed by atoms with Gasteiger partial charge in [0, 0.05) is 33.3 Å². The van der Waals surface area contributed by atoms with Crippen molar-refractivity contribution in [1.29, 1.82) is 0 Å². The summed E-state index contributed by atoms with van der Waals surface area (Å²) in [5, 5.41) is 4.30. The number of nitrogens with one attached hydrogen (secondary N) is 1. The standard InChI is InChI=1S/C16H12Cl2N2O/c17-12-3-4-13(15(18)8-12)14-7-10(1-2-11(14)9-21)16-19-5-6-20-16/h1-4,7-9H,5-6H2,(H,19,20). The molecule has 0 atom stereocenters. The van der Waals surface area contributed by atoms with E-state index < -0.39 is 0 Å². The average molecular weight is 319 g/mol. The molecule has 3 nitrogen and oxygen atoms in total. The van der Waals surface area contributed by atoms with Crippen LogP contribution in [0.1, 0.15) is 15.9 Å². The summed E-state index contributed by atoms with van der Waals surface area (Å²) in [6, 6.07) is 10.8. The quantitative estimate of drug-likeness (QED) is 0.874. The van der Waals surface area contributed by atoms with E-state index in [9.17, 15) is 4.79 Å². The van der Waals surface area contributed by atoms with Crippen molar-refractivity contribution >= 4 is 35.3 Å². The molecule has 2 aromatic rings. The highest BCUT2D eigenvalue weighted by Crippen LogP contribution is 2.32. The maximum atomic E-state index is 11.3. The average Bonchev–Trinajstić information content (AvgIpc) is 3.01. The summed E-state index contributed by atoms with van der Waals surface area (Å²) in [7, 11) is 0. The second-order valence-electron chi connectivity index (χ2n) is 4.70. The predicted molar refractivity (Wildman–Crippen MR) is 86.7 cm³/mol. The summed E-state index contributed by atoms with van der Waals surface area (Å²) in [6.07, 6.45) is 0.827. The first-order valence-electron chi connectivity index (χ1n) is 6.52. The molecule has 1 heterocycles. The number of benzene rings is 2. The largest absolute Gasteiger partial charge is 0.368 e. The second-order valence-corrected chi connectivity index (χ2v) is 5.54. The van der Waals surface area contributed by atoms with Crippen molar-refractivity contribution in [1.82, 2.24) is 5.32 Å². The predicted octanol–water partition coefficient (Wildman–Crippen LogP) is 3.82. The van der Waals surface area contributed by atoms with Crippen molar-refractivity contribution in [2.75, 3.05) is 13.1 Å². The molecule has 2 aromatic carbocycles. The minimum absolute atomic E-state index is 0.518. The molecule has 0 amide bonds. The van der Waals surface area contributed by atoms with Crippen LogP contribution in [0.25, 0.3) is 11.1 Å². The number of aliphatic imine (C=N–C) groups is 1. The van der Waals surface area contributed by atoms with Gasteiger partial charge in [-0.15, -0.1) is 0 Å². The molecule has 1 aliphatic rings. The van der Waals surface area contributed by atoms with Crippen LogP contribution in [0.15, 0.2) is 41.4 Å². The van der Waals surface area contributed by atoms with E-state index in [1.165, 1.54) is 0 Å². The topological polar surface area (TPSA) is 41.5 Å². The smallest absolute Gasteiger partial charge is 0.150 e. The molecule has 0 unspecified atom stereocenters. The van der Waals surface area contributed by atoms with E-state index in [0.29, 0.717) is 15.6 Å². The second kappa shape index (κ2) is 5.88. The third-order valence-electron chi connectivity index (χ3n) is 3.35. The molecule has 1 N–H and O–H groups in total. The fourth-order valence-electron chi connectivity index (χ4n) is 2.34. The number of halogens is 2. The monoisotopic (exact) mass is 318 g/mol. The van der Waals surface area contributed by atoms with Crippen LogP contribution in [0.4, 0.5) is 0 Å². The van der Waals surface area contributed by atoms with Crippen LogP contribution >= 0.6 is 23.2 Å². The van der Waals surface area contributed by atoms with Crippen LogP contribution < -0.4 is 5.32 Å². The van der Waals surface area contributed by atoms with Crippen LogP contribution in [0.3, 0.4) is 0 Å². The van der Waals surface area contributed by atoms with Crippen LogP contribution in [-0.4, -0.2) is 25.2 Å². The zero-order valence-electron chi connectivity index (χ0n) is 11.1. The molecule has 0 bridgehead atoms. The van der Waals surface area contributed by atoms with Crippen molar-refractivity contribution in [2.24, 2.45) is 4.99 Å². The van der Waals surface area contributed by atoms with Crippen LogP contribution in [-0.2, 0) is 0 Å². The van der Waals surface area contributed by atoms with Crippen molar-refractivity contribution in [2.45, 2.75) is 0 Å². The van der Waals surface area contributed by atoms with Crippen molar-refractivity contribution in [3.8, 4) is 11.1 Å². The summed E-state index contributed by atoms with van der Waals surface area (Å²) >= 11 is 12.2. The summed E-state index contributed by atoms with van der Waals surface area (Å²) in [6.45, 7) is 1.60. The number of amidine groups is 1. The van der Waals surface area contributed by atoms with E-state index in [4.69, 9.17) is 23.2 Å². The Bertz CT molecular complexity index is 741. The Labute approximate surface area is 132 Å². The molecule has 0 saturated heterocycles. The zero-order chi connectivity index (χ0) is 14.8. The SMILES string of the molecule is O=Cc1ccc(C2=NCCN2)cc1-c1ccc(Cl)cc1Cl. The van der Waals surface area contributed by atoms with Gasteiger partial charge in [-0.25, -0.2) is 0 Å². The number of aldehydes is 1. The fraction of sp³-hybridized carbons (Fsp3) is 0.125. The highest BCUT2D eigenvalue weighted by molar-refractivity contribution is 6.36. The third-order valence-corrected chi connectivity index (χ3v) is 3.90.